The van der Waals surface area contributed by atoms with Crippen molar-refractivity contribution in [3.8, 4) is 11.5 Å². The lowest BCUT2D eigenvalue weighted by Gasteiger charge is -2.28. The zero-order chi connectivity index (χ0) is 25.7. The third-order valence-corrected chi connectivity index (χ3v) is 4.89. The first-order valence-corrected chi connectivity index (χ1v) is 10.1. The summed E-state index contributed by atoms with van der Waals surface area (Å²) in [5.41, 5.74) is 1.17. The van der Waals surface area contributed by atoms with Gasteiger partial charge in [0.15, 0.2) is 5.75 Å². The third kappa shape index (κ3) is 6.12. The fourth-order valence-electron chi connectivity index (χ4n) is 2.98. The summed E-state index contributed by atoms with van der Waals surface area (Å²) in [6.45, 7) is -1.20. The van der Waals surface area contributed by atoms with E-state index in [9.17, 15) is 36.7 Å². The Bertz CT molecular complexity index is 1140. The van der Waals surface area contributed by atoms with Crippen LogP contribution in [0.4, 0.5) is 23.2 Å². The summed E-state index contributed by atoms with van der Waals surface area (Å²) >= 11 is 0. The van der Waals surface area contributed by atoms with E-state index in [1.54, 1.807) is 24.3 Å². The van der Waals surface area contributed by atoms with Crippen LogP contribution in [0.2, 0.25) is 0 Å². The maximum absolute atomic E-state index is 13.6. The van der Waals surface area contributed by atoms with Crippen molar-refractivity contribution in [3.05, 3.63) is 53.1 Å². The SMILES string of the molecule is O=C(COCC(=O)Oc1c(F)c(O)c(F)c(F)c1F)Nc1ccc(CCC(=O)N2CCC2=O)cc1. The summed E-state index contributed by atoms with van der Waals surface area (Å²) in [6, 6.07) is 6.45. The second kappa shape index (κ2) is 11.0. The van der Waals surface area contributed by atoms with Crippen molar-refractivity contribution in [1.29, 1.82) is 0 Å². The largest absolute Gasteiger partial charge is 0.503 e. The number of halogens is 4. The van der Waals surface area contributed by atoms with Crippen LogP contribution in [-0.2, 0) is 30.3 Å². The number of rotatable bonds is 9. The maximum atomic E-state index is 13.6. The Morgan fingerprint density at radius 3 is 2.26 bits per heavy atom. The molecule has 3 rings (SSSR count). The Kier molecular flexibility index (Phi) is 8.02. The van der Waals surface area contributed by atoms with Gasteiger partial charge >= 0.3 is 5.97 Å². The smallest absolute Gasteiger partial charge is 0.337 e. The molecule has 1 aliphatic heterocycles. The molecule has 2 aromatic rings. The van der Waals surface area contributed by atoms with Crippen LogP contribution < -0.4 is 10.1 Å². The summed E-state index contributed by atoms with van der Waals surface area (Å²) < 4.78 is 62.5. The molecule has 0 unspecified atom stereocenters. The molecule has 1 aliphatic rings. The van der Waals surface area contributed by atoms with Crippen molar-refractivity contribution in [1.82, 2.24) is 4.90 Å². The zero-order valence-corrected chi connectivity index (χ0v) is 17.9. The minimum Gasteiger partial charge on any atom is -0.503 e. The van der Waals surface area contributed by atoms with Crippen molar-refractivity contribution < 1.29 is 51.3 Å². The van der Waals surface area contributed by atoms with Gasteiger partial charge in [-0.1, -0.05) is 12.1 Å². The number of ether oxygens (including phenoxy) is 2. The van der Waals surface area contributed by atoms with E-state index < -0.39 is 59.9 Å². The predicted octanol–water partition coefficient (Wildman–Crippen LogP) is 2.20. The Labute approximate surface area is 195 Å². The van der Waals surface area contributed by atoms with Crippen molar-refractivity contribution >= 4 is 29.4 Å². The van der Waals surface area contributed by atoms with Gasteiger partial charge in [0.2, 0.25) is 46.7 Å². The maximum Gasteiger partial charge on any atom is 0.337 e. The predicted molar refractivity (Wildman–Crippen MR) is 109 cm³/mol. The molecule has 0 spiro atoms. The Balaban J connectivity index is 1.41. The number of amides is 3. The number of carbonyl (C=O) groups is 4. The molecule has 0 aromatic heterocycles. The first-order valence-electron chi connectivity index (χ1n) is 10.1. The van der Waals surface area contributed by atoms with Gasteiger partial charge in [0.1, 0.15) is 13.2 Å². The lowest BCUT2D eigenvalue weighted by molar-refractivity contribution is -0.152. The summed E-state index contributed by atoms with van der Waals surface area (Å²) in [5.74, 6) is -14.7. The monoisotopic (exact) mass is 498 g/mol. The molecule has 0 bridgehead atoms. The summed E-state index contributed by atoms with van der Waals surface area (Å²) in [7, 11) is 0. The number of anilines is 1. The molecule has 35 heavy (non-hydrogen) atoms. The van der Waals surface area contributed by atoms with Crippen LogP contribution in [0, 0.1) is 23.3 Å². The van der Waals surface area contributed by atoms with E-state index in [1.165, 1.54) is 4.90 Å². The quantitative estimate of drug-likeness (QED) is 0.136. The topological polar surface area (TPSA) is 122 Å². The number of esters is 1. The summed E-state index contributed by atoms with van der Waals surface area (Å²) in [6.07, 6.45) is 0.944. The number of β-lactam (4-membered cyclic amide) rings is 1. The van der Waals surface area contributed by atoms with Crippen LogP contribution in [0.5, 0.6) is 11.5 Å². The molecule has 2 N–H and O–H groups in total. The standard InChI is InChI=1S/C22H18F4N2O7/c23-17-18(24)21(33)20(26)22(19(17)25)35-16(32)10-34-9-13(29)27-12-4-1-11(2-5-12)3-6-14(30)28-8-7-15(28)31/h1-2,4-5,33H,3,6-10H2,(H,27,29). The van der Waals surface area contributed by atoms with Crippen molar-refractivity contribution in [2.75, 3.05) is 25.1 Å². The number of phenolic OH excluding ortho intramolecular Hbond substituents is 1. The van der Waals surface area contributed by atoms with Crippen LogP contribution >= 0.6 is 0 Å². The molecule has 0 radical (unpaired) electrons. The van der Waals surface area contributed by atoms with Gasteiger partial charge < -0.3 is 19.9 Å². The molecule has 3 amide bonds. The van der Waals surface area contributed by atoms with E-state index in [1.807, 2.05) is 0 Å². The van der Waals surface area contributed by atoms with E-state index in [4.69, 9.17) is 9.84 Å². The number of aromatic hydroxyl groups is 1. The highest BCUT2D eigenvalue weighted by atomic mass is 19.2. The van der Waals surface area contributed by atoms with Crippen LogP contribution in [0.3, 0.4) is 0 Å². The molecule has 9 nitrogen and oxygen atoms in total. The minimum absolute atomic E-state index is 0.166. The van der Waals surface area contributed by atoms with E-state index in [0.717, 1.165) is 5.56 Å². The molecule has 1 heterocycles. The van der Waals surface area contributed by atoms with Gasteiger partial charge in [-0.05, 0) is 24.1 Å². The second-order valence-electron chi connectivity index (χ2n) is 7.33. The van der Waals surface area contributed by atoms with Gasteiger partial charge in [-0.3, -0.25) is 19.3 Å². The summed E-state index contributed by atoms with van der Waals surface area (Å²) in [5, 5.41) is 11.5. The number of hydrogen-bond donors (Lipinski definition) is 2. The molecule has 1 fully saturated rings. The molecule has 0 atom stereocenters. The molecule has 0 saturated carbocycles. The Hall–Kier alpha value is -4.00. The normalized spacial score (nSPS) is 12.8. The number of nitrogens with one attached hydrogen (secondary N) is 1. The fourth-order valence-corrected chi connectivity index (χ4v) is 2.98. The first-order chi connectivity index (χ1) is 16.6. The number of imide groups is 1. The van der Waals surface area contributed by atoms with E-state index in [0.29, 0.717) is 25.1 Å². The molecular formula is C22H18F4N2O7. The number of carbonyl (C=O) groups excluding carboxylic acids is 4. The summed E-state index contributed by atoms with van der Waals surface area (Å²) in [4.78, 5) is 47.9. The Morgan fingerprint density at radius 1 is 0.971 bits per heavy atom. The number of benzene rings is 2. The van der Waals surface area contributed by atoms with Crippen molar-refractivity contribution in [2.45, 2.75) is 19.3 Å². The highest BCUT2D eigenvalue weighted by Crippen LogP contribution is 2.34. The number of aryl methyl sites for hydroxylation is 1. The van der Waals surface area contributed by atoms with Gasteiger partial charge in [0, 0.05) is 25.1 Å². The van der Waals surface area contributed by atoms with Crippen LogP contribution in [0.15, 0.2) is 24.3 Å². The highest BCUT2D eigenvalue weighted by molar-refractivity contribution is 5.99. The van der Waals surface area contributed by atoms with Crippen molar-refractivity contribution in [3.63, 3.8) is 0 Å². The lowest BCUT2D eigenvalue weighted by atomic mass is 10.1. The van der Waals surface area contributed by atoms with Crippen LogP contribution in [0.25, 0.3) is 0 Å². The molecule has 13 heteroatoms. The number of likely N-dealkylation sites (tertiary alicyclic amines) is 1. The molecule has 186 valence electrons. The lowest BCUT2D eigenvalue weighted by Crippen LogP contribution is -2.47. The number of hydrogen-bond acceptors (Lipinski definition) is 7. The number of phenols is 1. The van der Waals surface area contributed by atoms with Crippen LogP contribution in [0.1, 0.15) is 18.4 Å². The Morgan fingerprint density at radius 2 is 1.66 bits per heavy atom. The molecular weight excluding hydrogens is 480 g/mol. The fraction of sp³-hybridized carbons (Fsp3) is 0.273. The molecule has 2 aromatic carbocycles. The average molecular weight is 498 g/mol. The number of nitrogens with zero attached hydrogens (tertiary/aromatic N) is 1. The van der Waals surface area contributed by atoms with Crippen molar-refractivity contribution in [2.24, 2.45) is 0 Å². The average Bonchev–Trinajstić information content (AvgIpc) is 2.82. The minimum atomic E-state index is -2.24. The molecule has 0 aliphatic carbocycles. The van der Waals surface area contributed by atoms with E-state index in [-0.39, 0.29) is 18.2 Å². The van der Waals surface area contributed by atoms with Gasteiger partial charge in [-0.2, -0.15) is 13.2 Å². The van der Waals surface area contributed by atoms with Gasteiger partial charge in [-0.15, -0.1) is 0 Å². The second-order valence-corrected chi connectivity index (χ2v) is 7.33. The van der Waals surface area contributed by atoms with E-state index >= 15 is 0 Å². The first kappa shape index (κ1) is 25.6. The van der Waals surface area contributed by atoms with Gasteiger partial charge in [0.05, 0.1) is 0 Å². The van der Waals surface area contributed by atoms with E-state index in [2.05, 4.69) is 10.1 Å². The molecule has 1 saturated heterocycles. The highest BCUT2D eigenvalue weighted by Gasteiger charge is 2.29. The zero-order valence-electron chi connectivity index (χ0n) is 17.9. The van der Waals surface area contributed by atoms with Gasteiger partial charge in [-0.25, -0.2) is 9.18 Å². The third-order valence-electron chi connectivity index (χ3n) is 4.89. The van der Waals surface area contributed by atoms with Gasteiger partial charge in [0.25, 0.3) is 0 Å². The van der Waals surface area contributed by atoms with Crippen LogP contribution in [-0.4, -0.2) is 53.5 Å².